The number of fused-ring (bicyclic) bond motifs is 1. The van der Waals surface area contributed by atoms with E-state index in [-0.39, 0.29) is 6.61 Å². The lowest BCUT2D eigenvalue weighted by Crippen LogP contribution is -2.50. The van der Waals surface area contributed by atoms with Gasteiger partial charge in [0.15, 0.2) is 0 Å². The number of carbonyl (C=O) groups is 1. The maximum absolute atomic E-state index is 10.6. The molecule has 0 aromatic rings. The molecule has 1 saturated carbocycles. The molecule has 3 aliphatic rings. The summed E-state index contributed by atoms with van der Waals surface area (Å²) >= 11 is 0. The number of aliphatic hydroxyl groups is 1. The van der Waals surface area contributed by atoms with Gasteiger partial charge in [-0.25, -0.2) is 4.79 Å². The lowest BCUT2D eigenvalue weighted by molar-refractivity contribution is 0.0394. The summed E-state index contributed by atoms with van der Waals surface area (Å²) in [4.78, 5) is 12.0. The third-order valence-electron chi connectivity index (χ3n) is 2.88. The van der Waals surface area contributed by atoms with Gasteiger partial charge in [0.2, 0.25) is 0 Å². The Morgan fingerprint density at radius 1 is 1.64 bits per heavy atom. The third kappa shape index (κ3) is 0.701. The Kier molecular flexibility index (Phi) is 1.18. The first-order chi connectivity index (χ1) is 5.18. The number of rotatable bonds is 1. The van der Waals surface area contributed by atoms with Crippen LogP contribution in [0.25, 0.3) is 0 Å². The van der Waals surface area contributed by atoms with Crippen LogP contribution >= 0.6 is 0 Å². The van der Waals surface area contributed by atoms with E-state index in [2.05, 4.69) is 0 Å². The van der Waals surface area contributed by atoms with Crippen LogP contribution in [-0.2, 0) is 0 Å². The highest BCUT2D eigenvalue weighted by Gasteiger charge is 2.57. The van der Waals surface area contributed by atoms with Gasteiger partial charge in [-0.1, -0.05) is 0 Å². The molecular weight excluding hydrogens is 146 g/mol. The summed E-state index contributed by atoms with van der Waals surface area (Å²) in [5, 5.41) is 17.7. The van der Waals surface area contributed by atoms with E-state index in [0.717, 1.165) is 12.8 Å². The molecule has 0 aromatic carbocycles. The molecule has 0 spiro atoms. The van der Waals surface area contributed by atoms with Crippen molar-refractivity contribution in [1.82, 2.24) is 4.90 Å². The maximum atomic E-state index is 10.6. The van der Waals surface area contributed by atoms with Crippen molar-refractivity contribution in [3.63, 3.8) is 0 Å². The van der Waals surface area contributed by atoms with Gasteiger partial charge >= 0.3 is 6.09 Å². The minimum Gasteiger partial charge on any atom is -0.465 e. The van der Waals surface area contributed by atoms with E-state index in [0.29, 0.717) is 12.5 Å². The molecule has 2 heterocycles. The molecule has 2 bridgehead atoms. The van der Waals surface area contributed by atoms with Gasteiger partial charge in [-0.3, -0.25) is 0 Å². The predicted molar refractivity (Wildman–Crippen MR) is 37.3 cm³/mol. The number of hydrogen-bond acceptors (Lipinski definition) is 2. The topological polar surface area (TPSA) is 60.8 Å². The minimum absolute atomic E-state index is 0.0181. The molecule has 1 amide bonds. The molecule has 62 valence electrons. The summed E-state index contributed by atoms with van der Waals surface area (Å²) in [7, 11) is 0. The van der Waals surface area contributed by atoms with Crippen LogP contribution in [0.2, 0.25) is 0 Å². The zero-order valence-electron chi connectivity index (χ0n) is 6.16. The van der Waals surface area contributed by atoms with Crippen LogP contribution < -0.4 is 0 Å². The summed E-state index contributed by atoms with van der Waals surface area (Å²) in [6, 6.07) is 0. The predicted octanol–water partition coefficient (Wildman–Crippen LogP) is 0.121. The van der Waals surface area contributed by atoms with Gasteiger partial charge in [-0.15, -0.1) is 0 Å². The Balaban J connectivity index is 2.18. The number of nitrogens with zero attached hydrogens (tertiary/aromatic N) is 1. The summed E-state index contributed by atoms with van der Waals surface area (Å²) in [6.45, 7) is 0.603. The van der Waals surface area contributed by atoms with E-state index in [1.807, 2.05) is 0 Å². The monoisotopic (exact) mass is 157 g/mol. The SMILES string of the molecule is O=C(O)N1CC2CC1(CO)C2. The average Bonchev–Trinajstić information content (AvgIpc) is 2.37. The Bertz CT molecular complexity index is 198. The first-order valence-electron chi connectivity index (χ1n) is 3.79. The van der Waals surface area contributed by atoms with Crippen molar-refractivity contribution in [2.45, 2.75) is 18.4 Å². The fourth-order valence-electron chi connectivity index (χ4n) is 2.31. The summed E-state index contributed by atoms with van der Waals surface area (Å²) in [6.07, 6.45) is 0.824. The highest BCUT2D eigenvalue weighted by molar-refractivity contribution is 5.67. The van der Waals surface area contributed by atoms with Gasteiger partial charge in [-0.05, 0) is 18.8 Å². The van der Waals surface area contributed by atoms with Crippen LogP contribution in [0.1, 0.15) is 12.8 Å². The Labute approximate surface area is 64.4 Å². The highest BCUT2D eigenvalue weighted by atomic mass is 16.4. The average molecular weight is 157 g/mol. The molecular formula is C7H11NO3. The summed E-state index contributed by atoms with van der Waals surface area (Å²) in [5.74, 6) is 0.512. The van der Waals surface area contributed by atoms with Crippen LogP contribution in [0.4, 0.5) is 4.79 Å². The minimum atomic E-state index is -0.890. The third-order valence-corrected chi connectivity index (χ3v) is 2.88. The summed E-state index contributed by atoms with van der Waals surface area (Å²) < 4.78 is 0. The standard InChI is InChI=1S/C7H11NO3/c9-4-7-1-5(2-7)3-8(7)6(10)11/h5,9H,1-4H2,(H,10,11). The van der Waals surface area contributed by atoms with Crippen molar-refractivity contribution >= 4 is 6.09 Å². The van der Waals surface area contributed by atoms with Gasteiger partial charge < -0.3 is 15.1 Å². The van der Waals surface area contributed by atoms with Crippen LogP contribution in [0, 0.1) is 5.92 Å². The summed E-state index contributed by atoms with van der Waals surface area (Å²) in [5.41, 5.74) is -0.392. The lowest BCUT2D eigenvalue weighted by Gasteiger charge is -2.39. The molecule has 3 fully saturated rings. The first kappa shape index (κ1) is 6.91. The Morgan fingerprint density at radius 2 is 2.27 bits per heavy atom. The fraction of sp³-hybridized carbons (Fsp3) is 0.857. The van der Waals surface area contributed by atoms with Crippen molar-refractivity contribution in [3.05, 3.63) is 0 Å². The van der Waals surface area contributed by atoms with Crippen molar-refractivity contribution < 1.29 is 15.0 Å². The second-order valence-corrected chi connectivity index (χ2v) is 3.55. The van der Waals surface area contributed by atoms with Crippen LogP contribution in [0.3, 0.4) is 0 Å². The van der Waals surface area contributed by atoms with E-state index in [1.165, 1.54) is 4.90 Å². The van der Waals surface area contributed by atoms with Gasteiger partial charge in [-0.2, -0.15) is 0 Å². The molecule has 0 unspecified atom stereocenters. The van der Waals surface area contributed by atoms with E-state index < -0.39 is 11.6 Å². The molecule has 2 saturated heterocycles. The number of amides is 1. The maximum Gasteiger partial charge on any atom is 0.407 e. The molecule has 2 N–H and O–H groups in total. The molecule has 0 atom stereocenters. The first-order valence-corrected chi connectivity index (χ1v) is 3.79. The molecule has 0 aromatic heterocycles. The van der Waals surface area contributed by atoms with Gasteiger partial charge in [0, 0.05) is 6.54 Å². The molecule has 11 heavy (non-hydrogen) atoms. The van der Waals surface area contributed by atoms with Crippen LogP contribution in [-0.4, -0.2) is 39.9 Å². The number of hydrogen-bond donors (Lipinski definition) is 2. The van der Waals surface area contributed by atoms with Crippen molar-refractivity contribution in [2.24, 2.45) is 5.92 Å². The number of carboxylic acid groups (broad SMARTS) is 1. The van der Waals surface area contributed by atoms with Crippen LogP contribution in [0.5, 0.6) is 0 Å². The van der Waals surface area contributed by atoms with Crippen molar-refractivity contribution in [1.29, 1.82) is 0 Å². The lowest BCUT2D eigenvalue weighted by atomic mass is 9.74. The molecule has 1 aliphatic carbocycles. The second-order valence-electron chi connectivity index (χ2n) is 3.55. The molecule has 2 aliphatic heterocycles. The molecule has 3 rings (SSSR count). The second kappa shape index (κ2) is 1.88. The van der Waals surface area contributed by atoms with Gasteiger partial charge in [0.05, 0.1) is 12.1 Å². The van der Waals surface area contributed by atoms with Crippen LogP contribution in [0.15, 0.2) is 0 Å². The Hall–Kier alpha value is -0.770. The normalized spacial score (nSPS) is 40.5. The highest BCUT2D eigenvalue weighted by Crippen LogP contribution is 2.49. The zero-order chi connectivity index (χ0) is 8.06. The van der Waals surface area contributed by atoms with Crippen molar-refractivity contribution in [3.8, 4) is 0 Å². The van der Waals surface area contributed by atoms with Gasteiger partial charge in [0.1, 0.15) is 0 Å². The van der Waals surface area contributed by atoms with E-state index in [9.17, 15) is 4.79 Å². The van der Waals surface area contributed by atoms with E-state index in [1.54, 1.807) is 0 Å². The smallest absolute Gasteiger partial charge is 0.407 e. The fourth-order valence-corrected chi connectivity index (χ4v) is 2.31. The molecule has 4 nitrogen and oxygen atoms in total. The van der Waals surface area contributed by atoms with Crippen molar-refractivity contribution in [2.75, 3.05) is 13.2 Å². The number of aliphatic hydroxyl groups excluding tert-OH is 1. The zero-order valence-corrected chi connectivity index (χ0v) is 6.16. The van der Waals surface area contributed by atoms with E-state index >= 15 is 0 Å². The van der Waals surface area contributed by atoms with E-state index in [4.69, 9.17) is 10.2 Å². The molecule has 4 heteroatoms. The molecule has 0 radical (unpaired) electrons. The Morgan fingerprint density at radius 3 is 2.64 bits per heavy atom. The quantitative estimate of drug-likeness (QED) is 0.568. The largest absolute Gasteiger partial charge is 0.465 e. The van der Waals surface area contributed by atoms with Gasteiger partial charge in [0.25, 0.3) is 0 Å².